The average molecular weight is 257 g/mol. The second-order valence-corrected chi connectivity index (χ2v) is 5.27. The number of nitrogens with one attached hydrogen (secondary N) is 1. The van der Waals surface area contributed by atoms with Crippen molar-refractivity contribution >= 4 is 34.5 Å². The van der Waals surface area contributed by atoms with E-state index in [0.717, 1.165) is 17.7 Å². The van der Waals surface area contributed by atoms with Gasteiger partial charge in [0, 0.05) is 16.8 Å². The lowest BCUT2D eigenvalue weighted by Gasteiger charge is -2.26. The average Bonchev–Trinajstić information content (AvgIpc) is 2.16. The van der Waals surface area contributed by atoms with Crippen LogP contribution in [0.3, 0.4) is 0 Å². The Morgan fingerprint density at radius 3 is 2.56 bits per heavy atom. The molecule has 1 rings (SSSR count). The van der Waals surface area contributed by atoms with Crippen molar-refractivity contribution in [1.82, 2.24) is 0 Å². The van der Waals surface area contributed by atoms with E-state index in [9.17, 15) is 0 Å². The molecule has 2 nitrogen and oxygen atoms in total. The fraction of sp³-hybridized carbons (Fsp3) is 0.417. The normalized spacial score (nSPS) is 11.2. The van der Waals surface area contributed by atoms with Crippen molar-refractivity contribution in [2.45, 2.75) is 32.7 Å². The van der Waals surface area contributed by atoms with Crippen molar-refractivity contribution in [3.8, 4) is 0 Å². The Hall–Kier alpha value is -0.800. The third kappa shape index (κ3) is 3.35. The maximum Gasteiger partial charge on any atom is 0.105 e. The van der Waals surface area contributed by atoms with Gasteiger partial charge in [-0.1, -0.05) is 30.7 Å². The van der Waals surface area contributed by atoms with E-state index in [4.69, 9.17) is 29.6 Å². The number of hydrogen-bond donors (Lipinski definition) is 2. The van der Waals surface area contributed by atoms with Crippen LogP contribution in [-0.2, 0) is 0 Å². The van der Waals surface area contributed by atoms with Gasteiger partial charge in [-0.2, -0.15) is 0 Å². The zero-order chi connectivity index (χ0) is 12.3. The van der Waals surface area contributed by atoms with Crippen LogP contribution in [0.2, 0.25) is 5.02 Å². The predicted octanol–water partition coefficient (Wildman–Crippen LogP) is 3.57. The van der Waals surface area contributed by atoms with Crippen molar-refractivity contribution in [3.63, 3.8) is 0 Å². The second kappa shape index (κ2) is 5.02. The molecule has 0 radical (unpaired) electrons. The highest BCUT2D eigenvalue weighted by Gasteiger charge is 2.14. The summed E-state index contributed by atoms with van der Waals surface area (Å²) in [5.74, 6) is 0. The first-order chi connectivity index (χ1) is 7.35. The van der Waals surface area contributed by atoms with Crippen LogP contribution in [0.15, 0.2) is 18.2 Å². The number of benzene rings is 1. The molecule has 0 bridgehead atoms. The molecule has 0 spiro atoms. The lowest BCUT2D eigenvalue weighted by molar-refractivity contribution is 0.547. The van der Waals surface area contributed by atoms with Gasteiger partial charge in [-0.05, 0) is 38.5 Å². The molecule has 0 heterocycles. The van der Waals surface area contributed by atoms with E-state index < -0.39 is 0 Å². The van der Waals surface area contributed by atoms with Gasteiger partial charge in [-0.3, -0.25) is 0 Å². The van der Waals surface area contributed by atoms with Crippen LogP contribution in [0.5, 0.6) is 0 Å². The van der Waals surface area contributed by atoms with Gasteiger partial charge in [0.1, 0.15) is 4.99 Å². The first kappa shape index (κ1) is 13.3. The first-order valence-electron chi connectivity index (χ1n) is 5.23. The van der Waals surface area contributed by atoms with Gasteiger partial charge in [-0.25, -0.2) is 0 Å². The largest absolute Gasteiger partial charge is 0.389 e. The fourth-order valence-electron chi connectivity index (χ4n) is 1.27. The molecule has 0 saturated carbocycles. The van der Waals surface area contributed by atoms with Crippen molar-refractivity contribution in [3.05, 3.63) is 28.8 Å². The Morgan fingerprint density at radius 2 is 2.12 bits per heavy atom. The van der Waals surface area contributed by atoms with Crippen LogP contribution in [0.4, 0.5) is 5.69 Å². The number of rotatable bonds is 4. The molecule has 0 aromatic heterocycles. The molecule has 1 aromatic carbocycles. The third-order valence-electron chi connectivity index (χ3n) is 2.60. The minimum atomic E-state index is 0.0497. The Bertz CT molecular complexity index is 402. The highest BCUT2D eigenvalue weighted by atomic mass is 35.5. The van der Waals surface area contributed by atoms with Gasteiger partial charge < -0.3 is 11.1 Å². The summed E-state index contributed by atoms with van der Waals surface area (Å²) in [7, 11) is 0. The molecule has 0 aliphatic carbocycles. The molecule has 4 heteroatoms. The van der Waals surface area contributed by atoms with Gasteiger partial charge >= 0.3 is 0 Å². The minimum absolute atomic E-state index is 0.0497. The van der Waals surface area contributed by atoms with E-state index in [-0.39, 0.29) is 5.54 Å². The van der Waals surface area contributed by atoms with Crippen LogP contribution in [-0.4, -0.2) is 10.5 Å². The van der Waals surface area contributed by atoms with Gasteiger partial charge in [0.15, 0.2) is 0 Å². The topological polar surface area (TPSA) is 38.0 Å². The summed E-state index contributed by atoms with van der Waals surface area (Å²) in [5.41, 5.74) is 7.30. The van der Waals surface area contributed by atoms with Crippen LogP contribution >= 0.6 is 23.8 Å². The number of hydrogen-bond acceptors (Lipinski definition) is 2. The van der Waals surface area contributed by atoms with E-state index in [1.807, 2.05) is 18.2 Å². The maximum absolute atomic E-state index is 6.09. The highest BCUT2D eigenvalue weighted by Crippen LogP contribution is 2.24. The molecule has 0 amide bonds. The number of anilines is 1. The Balaban J connectivity index is 2.94. The lowest BCUT2D eigenvalue weighted by atomic mass is 10.0. The molecule has 0 saturated heterocycles. The standard InChI is InChI=1S/C12H17ClN2S/c1-4-12(2,3)15-8-5-6-9(11(14)16)10(13)7-8/h5-7,15H,4H2,1-3H3,(H2,14,16). The molecule has 0 atom stereocenters. The summed E-state index contributed by atoms with van der Waals surface area (Å²) in [6.45, 7) is 6.42. The van der Waals surface area contributed by atoms with Crippen molar-refractivity contribution in [1.29, 1.82) is 0 Å². The molecule has 0 aliphatic heterocycles. The molecule has 0 fully saturated rings. The quantitative estimate of drug-likeness (QED) is 0.809. The molecule has 16 heavy (non-hydrogen) atoms. The summed E-state index contributed by atoms with van der Waals surface area (Å²) < 4.78 is 0. The summed E-state index contributed by atoms with van der Waals surface area (Å²) >= 11 is 11.0. The molecule has 0 unspecified atom stereocenters. The van der Waals surface area contributed by atoms with Crippen LogP contribution < -0.4 is 11.1 Å². The lowest BCUT2D eigenvalue weighted by Crippen LogP contribution is -2.29. The number of thiocarbonyl (C=S) groups is 1. The Morgan fingerprint density at radius 1 is 1.50 bits per heavy atom. The fourth-order valence-corrected chi connectivity index (χ4v) is 1.79. The van der Waals surface area contributed by atoms with Gasteiger partial charge in [0.05, 0.1) is 5.02 Å². The summed E-state index contributed by atoms with van der Waals surface area (Å²) in [4.78, 5) is 0.325. The molecular weight excluding hydrogens is 240 g/mol. The zero-order valence-corrected chi connectivity index (χ0v) is 11.4. The van der Waals surface area contributed by atoms with Crippen LogP contribution in [0, 0.1) is 0 Å². The second-order valence-electron chi connectivity index (χ2n) is 4.42. The molecular formula is C12H17ClN2S. The SMILES string of the molecule is CCC(C)(C)Nc1ccc(C(N)=S)c(Cl)c1. The maximum atomic E-state index is 6.09. The predicted molar refractivity (Wildman–Crippen MR) is 75.3 cm³/mol. The van der Waals surface area contributed by atoms with Gasteiger partial charge in [0.2, 0.25) is 0 Å². The van der Waals surface area contributed by atoms with Gasteiger partial charge in [-0.15, -0.1) is 0 Å². The Kier molecular flexibility index (Phi) is 4.16. The van der Waals surface area contributed by atoms with Crippen LogP contribution in [0.25, 0.3) is 0 Å². The van der Waals surface area contributed by atoms with Gasteiger partial charge in [0.25, 0.3) is 0 Å². The summed E-state index contributed by atoms with van der Waals surface area (Å²) in [6.07, 6.45) is 1.03. The monoisotopic (exact) mass is 256 g/mol. The number of halogens is 1. The minimum Gasteiger partial charge on any atom is -0.389 e. The Labute approximate surface area is 107 Å². The van der Waals surface area contributed by atoms with E-state index in [2.05, 4.69) is 26.1 Å². The van der Waals surface area contributed by atoms with Crippen LogP contribution in [0.1, 0.15) is 32.8 Å². The third-order valence-corrected chi connectivity index (χ3v) is 3.13. The zero-order valence-electron chi connectivity index (χ0n) is 9.80. The molecule has 1 aromatic rings. The van der Waals surface area contributed by atoms with E-state index >= 15 is 0 Å². The summed E-state index contributed by atoms with van der Waals surface area (Å²) in [6, 6.07) is 5.64. The molecule has 88 valence electrons. The van der Waals surface area contributed by atoms with Crippen molar-refractivity contribution < 1.29 is 0 Å². The first-order valence-corrected chi connectivity index (χ1v) is 6.02. The highest BCUT2D eigenvalue weighted by molar-refractivity contribution is 7.80. The molecule has 0 aliphatic rings. The van der Waals surface area contributed by atoms with Crippen molar-refractivity contribution in [2.24, 2.45) is 5.73 Å². The van der Waals surface area contributed by atoms with E-state index in [0.29, 0.717) is 10.0 Å². The number of nitrogens with two attached hydrogens (primary N) is 1. The van der Waals surface area contributed by atoms with E-state index in [1.54, 1.807) is 0 Å². The summed E-state index contributed by atoms with van der Waals surface area (Å²) in [5, 5.41) is 3.99. The smallest absolute Gasteiger partial charge is 0.105 e. The van der Waals surface area contributed by atoms with E-state index in [1.165, 1.54) is 0 Å². The molecule has 3 N–H and O–H groups in total. The van der Waals surface area contributed by atoms with Crippen molar-refractivity contribution in [2.75, 3.05) is 5.32 Å².